The largest absolute Gasteiger partial charge is 0.494 e. The Morgan fingerprint density at radius 1 is 1.18 bits per heavy atom. The highest BCUT2D eigenvalue weighted by Gasteiger charge is 2.28. The molecule has 2 heterocycles. The number of H-pyrrole nitrogens is 2. The molecule has 0 radical (unpaired) electrons. The van der Waals surface area contributed by atoms with Crippen LogP contribution in [0, 0.1) is 6.92 Å². The van der Waals surface area contributed by atoms with E-state index in [1.165, 1.54) is 6.92 Å². The van der Waals surface area contributed by atoms with Gasteiger partial charge in [-0.05, 0) is 56.6 Å². The Morgan fingerprint density at radius 3 is 2.65 bits per heavy atom. The van der Waals surface area contributed by atoms with Crippen molar-refractivity contribution >= 4 is 34.0 Å². The van der Waals surface area contributed by atoms with Gasteiger partial charge < -0.3 is 30.6 Å². The van der Waals surface area contributed by atoms with Crippen LogP contribution in [0.15, 0.2) is 24.3 Å². The molecule has 0 saturated carbocycles. The lowest BCUT2D eigenvalue weighted by atomic mass is 9.89. The van der Waals surface area contributed by atoms with Gasteiger partial charge in [0.2, 0.25) is 5.91 Å². The molecule has 4 rings (SSSR count). The molecule has 3 aromatic rings. The molecule has 0 spiro atoms. The second-order valence-corrected chi connectivity index (χ2v) is 8.71. The fraction of sp³-hybridized carbons (Fsp3) is 0.385. The van der Waals surface area contributed by atoms with E-state index in [9.17, 15) is 14.7 Å². The number of rotatable bonds is 8. The molecule has 2 aromatic heterocycles. The van der Waals surface area contributed by atoms with Gasteiger partial charge in [0.25, 0.3) is 5.91 Å². The van der Waals surface area contributed by atoms with Crippen LogP contribution in [0.4, 0.5) is 5.69 Å². The van der Waals surface area contributed by atoms with Crippen molar-refractivity contribution in [3.05, 3.63) is 52.4 Å². The first-order valence-electron chi connectivity index (χ1n) is 11.9. The molecule has 0 aliphatic heterocycles. The fourth-order valence-corrected chi connectivity index (χ4v) is 4.84. The number of likely N-dealkylation sites (N-methyl/N-ethyl adjacent to an activating group) is 1. The van der Waals surface area contributed by atoms with Crippen molar-refractivity contribution < 1.29 is 14.7 Å². The van der Waals surface area contributed by atoms with E-state index in [-0.39, 0.29) is 17.7 Å². The highest BCUT2D eigenvalue weighted by atomic mass is 16.3. The lowest BCUT2D eigenvalue weighted by molar-refractivity contribution is -0.114. The number of fused-ring (bicyclic) bond motifs is 2. The summed E-state index contributed by atoms with van der Waals surface area (Å²) in [4.78, 5) is 33.4. The van der Waals surface area contributed by atoms with Gasteiger partial charge in [0.05, 0.1) is 16.8 Å². The molecule has 5 N–H and O–H groups in total. The summed E-state index contributed by atoms with van der Waals surface area (Å²) in [6.45, 7) is 10.9. The maximum Gasteiger partial charge on any atom is 0.253 e. The molecule has 180 valence electrons. The third-order valence-corrected chi connectivity index (χ3v) is 6.51. The van der Waals surface area contributed by atoms with Crippen LogP contribution in [-0.4, -0.2) is 58.0 Å². The molecule has 2 amide bonds. The fourth-order valence-electron chi connectivity index (χ4n) is 4.84. The average molecular weight is 464 g/mol. The van der Waals surface area contributed by atoms with Gasteiger partial charge in [-0.1, -0.05) is 19.9 Å². The summed E-state index contributed by atoms with van der Waals surface area (Å²) < 4.78 is 0. The minimum atomic E-state index is -0.156. The second-order valence-electron chi connectivity index (χ2n) is 8.71. The normalized spacial score (nSPS) is 13.1. The van der Waals surface area contributed by atoms with E-state index >= 15 is 0 Å². The Morgan fingerprint density at radius 2 is 1.94 bits per heavy atom. The summed E-state index contributed by atoms with van der Waals surface area (Å²) in [5, 5.41) is 17.5. The van der Waals surface area contributed by atoms with Gasteiger partial charge in [-0.2, -0.15) is 0 Å². The summed E-state index contributed by atoms with van der Waals surface area (Å²) in [6, 6.07) is 5.49. The molecule has 1 aliphatic carbocycles. The molecule has 0 fully saturated rings. The number of aromatic nitrogens is 2. The number of allylic oxidation sites excluding steroid dienone is 1. The maximum atomic E-state index is 13.1. The Bertz CT molecular complexity index is 1260. The van der Waals surface area contributed by atoms with Crippen molar-refractivity contribution in [3.63, 3.8) is 0 Å². The van der Waals surface area contributed by atoms with Crippen LogP contribution in [0.5, 0.6) is 5.88 Å². The van der Waals surface area contributed by atoms with E-state index in [4.69, 9.17) is 0 Å². The highest BCUT2D eigenvalue weighted by Crippen LogP contribution is 2.42. The van der Waals surface area contributed by atoms with Gasteiger partial charge in [0.15, 0.2) is 5.88 Å². The Hall–Kier alpha value is -3.52. The number of hydrogen-bond donors (Lipinski definition) is 5. The summed E-state index contributed by atoms with van der Waals surface area (Å²) in [7, 11) is 0. The van der Waals surface area contributed by atoms with Crippen LogP contribution >= 0.6 is 0 Å². The summed E-state index contributed by atoms with van der Waals surface area (Å²) in [5.41, 5.74) is 6.30. The van der Waals surface area contributed by atoms with E-state index < -0.39 is 0 Å². The van der Waals surface area contributed by atoms with Gasteiger partial charge in [-0.25, -0.2) is 0 Å². The molecule has 8 nitrogen and oxygen atoms in total. The van der Waals surface area contributed by atoms with Gasteiger partial charge in [-0.15, -0.1) is 0 Å². The van der Waals surface area contributed by atoms with Crippen molar-refractivity contribution in [3.8, 4) is 5.88 Å². The standard InChI is InChI=1S/C26H33N5O3/c1-5-31(6-2)13-12-27-25(33)22-15(3)28-24-18(22)8-7-9-19(24)23-20-14-17(29-16(4)32)10-11-21(20)30-26(23)34/h9-11,14,28,30,34H,5-8,12-13H2,1-4H3,(H,27,33)(H,29,32). The van der Waals surface area contributed by atoms with Crippen molar-refractivity contribution in [2.24, 2.45) is 0 Å². The molecule has 8 heteroatoms. The van der Waals surface area contributed by atoms with E-state index in [2.05, 4.69) is 45.4 Å². The first kappa shape index (κ1) is 23.6. The van der Waals surface area contributed by atoms with Gasteiger partial charge in [0.1, 0.15) is 0 Å². The van der Waals surface area contributed by atoms with Crippen LogP contribution in [-0.2, 0) is 11.2 Å². The molecule has 1 aliphatic rings. The minimum absolute atomic E-state index is 0.0616. The smallest absolute Gasteiger partial charge is 0.253 e. The zero-order valence-electron chi connectivity index (χ0n) is 20.3. The van der Waals surface area contributed by atoms with Crippen molar-refractivity contribution in [2.75, 3.05) is 31.5 Å². The summed E-state index contributed by atoms with van der Waals surface area (Å²) >= 11 is 0. The number of nitrogens with zero attached hydrogens (tertiary/aromatic N) is 1. The number of amides is 2. The van der Waals surface area contributed by atoms with Crippen LogP contribution in [0.1, 0.15) is 60.1 Å². The molecule has 0 unspecified atom stereocenters. The average Bonchev–Trinajstić information content (AvgIpc) is 3.31. The monoisotopic (exact) mass is 463 g/mol. The van der Waals surface area contributed by atoms with Crippen molar-refractivity contribution in [1.29, 1.82) is 0 Å². The molecule has 34 heavy (non-hydrogen) atoms. The van der Waals surface area contributed by atoms with E-state index in [1.54, 1.807) is 6.07 Å². The number of carbonyl (C=O) groups is 2. The highest BCUT2D eigenvalue weighted by molar-refractivity contribution is 6.04. The quantitative estimate of drug-likeness (QED) is 0.348. The van der Waals surface area contributed by atoms with Gasteiger partial charge >= 0.3 is 0 Å². The van der Waals surface area contributed by atoms with Crippen LogP contribution < -0.4 is 10.6 Å². The Balaban J connectivity index is 1.68. The first-order chi connectivity index (χ1) is 16.3. The SMILES string of the molecule is CCN(CC)CCNC(=O)c1c(C)[nH]c2c1CCC=C2c1c(O)[nH]c2ccc(NC(C)=O)cc12. The summed E-state index contributed by atoms with van der Waals surface area (Å²) in [6.07, 6.45) is 3.60. The summed E-state index contributed by atoms with van der Waals surface area (Å²) in [5.74, 6) is -0.164. The molecular weight excluding hydrogens is 430 g/mol. The van der Waals surface area contributed by atoms with E-state index in [1.807, 2.05) is 19.1 Å². The van der Waals surface area contributed by atoms with E-state index in [0.29, 0.717) is 23.4 Å². The lowest BCUT2D eigenvalue weighted by Crippen LogP contribution is -2.35. The second kappa shape index (κ2) is 9.77. The Kier molecular flexibility index (Phi) is 6.79. The van der Waals surface area contributed by atoms with Gasteiger partial charge in [0, 0.05) is 47.9 Å². The van der Waals surface area contributed by atoms with Crippen LogP contribution in [0.3, 0.4) is 0 Å². The lowest BCUT2D eigenvalue weighted by Gasteiger charge is -2.18. The Labute approximate surface area is 199 Å². The molecule has 0 bridgehead atoms. The maximum absolute atomic E-state index is 13.1. The van der Waals surface area contributed by atoms with Crippen molar-refractivity contribution in [1.82, 2.24) is 20.2 Å². The number of aryl methyl sites for hydroxylation is 1. The van der Waals surface area contributed by atoms with Crippen LogP contribution in [0.2, 0.25) is 0 Å². The number of nitrogens with one attached hydrogen (secondary N) is 4. The number of carbonyl (C=O) groups excluding carboxylic acids is 2. The molecule has 0 atom stereocenters. The van der Waals surface area contributed by atoms with Crippen molar-refractivity contribution in [2.45, 2.75) is 40.5 Å². The third-order valence-electron chi connectivity index (χ3n) is 6.51. The molecular formula is C26H33N5O3. The molecule has 1 aromatic carbocycles. The zero-order valence-corrected chi connectivity index (χ0v) is 20.3. The number of aromatic amines is 2. The third kappa shape index (κ3) is 4.46. The predicted molar refractivity (Wildman–Crippen MR) is 135 cm³/mol. The topological polar surface area (TPSA) is 113 Å². The predicted octanol–water partition coefficient (Wildman–Crippen LogP) is 3.92. The minimum Gasteiger partial charge on any atom is -0.494 e. The first-order valence-corrected chi connectivity index (χ1v) is 11.9. The zero-order chi connectivity index (χ0) is 24.4. The number of aromatic hydroxyl groups is 1. The van der Waals surface area contributed by atoms with E-state index in [0.717, 1.165) is 65.9 Å². The number of anilines is 1. The van der Waals surface area contributed by atoms with Gasteiger partial charge in [-0.3, -0.25) is 9.59 Å². The van der Waals surface area contributed by atoms with Crippen LogP contribution in [0.25, 0.3) is 16.5 Å². The number of hydrogen-bond acceptors (Lipinski definition) is 4. The molecule has 0 saturated heterocycles. The number of benzene rings is 1.